The highest BCUT2D eigenvalue weighted by molar-refractivity contribution is 6.34. The molecule has 0 amide bonds. The first-order valence-electron chi connectivity index (χ1n) is 4.38. The molecule has 0 aliphatic carbocycles. The van der Waals surface area contributed by atoms with Gasteiger partial charge in [0, 0.05) is 16.1 Å². The summed E-state index contributed by atoms with van der Waals surface area (Å²) in [5.74, 6) is -0.870. The van der Waals surface area contributed by atoms with Crippen molar-refractivity contribution in [1.82, 2.24) is 5.32 Å². The standard InChI is InChI=1S/C10H11Cl2NO2/c1-13-9(5-10(14)15)6-2-7(11)4-8(12)3-6/h2-4,9,13H,5H2,1H3,(H,14,15)/t9-/m0/s1. The Kier molecular flexibility index (Phi) is 4.39. The van der Waals surface area contributed by atoms with Gasteiger partial charge in [0.25, 0.3) is 0 Å². The monoisotopic (exact) mass is 247 g/mol. The molecule has 1 aromatic carbocycles. The second kappa shape index (κ2) is 5.35. The Morgan fingerprint density at radius 1 is 1.40 bits per heavy atom. The van der Waals surface area contributed by atoms with Gasteiger partial charge in [0.15, 0.2) is 0 Å². The molecule has 0 unspecified atom stereocenters. The number of aliphatic carboxylic acids is 1. The number of nitrogens with one attached hydrogen (secondary N) is 1. The quantitative estimate of drug-likeness (QED) is 0.861. The summed E-state index contributed by atoms with van der Waals surface area (Å²) < 4.78 is 0. The highest BCUT2D eigenvalue weighted by atomic mass is 35.5. The molecule has 0 saturated carbocycles. The van der Waals surface area contributed by atoms with E-state index in [2.05, 4.69) is 5.32 Å². The van der Waals surface area contributed by atoms with Crippen LogP contribution in [0.5, 0.6) is 0 Å². The van der Waals surface area contributed by atoms with E-state index >= 15 is 0 Å². The maximum absolute atomic E-state index is 10.6. The van der Waals surface area contributed by atoms with Crippen molar-refractivity contribution in [3.63, 3.8) is 0 Å². The molecule has 0 spiro atoms. The maximum Gasteiger partial charge on any atom is 0.305 e. The molecule has 0 saturated heterocycles. The molecule has 0 heterocycles. The van der Waals surface area contributed by atoms with Crippen molar-refractivity contribution in [2.24, 2.45) is 0 Å². The lowest BCUT2D eigenvalue weighted by Crippen LogP contribution is -2.19. The molecule has 2 N–H and O–H groups in total. The largest absolute Gasteiger partial charge is 0.481 e. The molecule has 1 rings (SSSR count). The summed E-state index contributed by atoms with van der Waals surface area (Å²) in [6.07, 6.45) is -0.00677. The number of hydrogen-bond acceptors (Lipinski definition) is 2. The van der Waals surface area contributed by atoms with Crippen molar-refractivity contribution in [1.29, 1.82) is 0 Å². The zero-order chi connectivity index (χ0) is 11.4. The Balaban J connectivity index is 2.95. The average Bonchev–Trinajstić information content (AvgIpc) is 2.12. The summed E-state index contributed by atoms with van der Waals surface area (Å²) >= 11 is 11.7. The van der Waals surface area contributed by atoms with Crippen molar-refractivity contribution < 1.29 is 9.90 Å². The lowest BCUT2D eigenvalue weighted by molar-refractivity contribution is -0.137. The fourth-order valence-corrected chi connectivity index (χ4v) is 1.88. The molecule has 0 aliphatic heterocycles. The van der Waals surface area contributed by atoms with Gasteiger partial charge in [-0.15, -0.1) is 0 Å². The van der Waals surface area contributed by atoms with E-state index in [1.54, 1.807) is 25.2 Å². The molecular formula is C10H11Cl2NO2. The van der Waals surface area contributed by atoms with Crippen LogP contribution >= 0.6 is 23.2 Å². The fraction of sp³-hybridized carbons (Fsp3) is 0.300. The number of carboxylic acids is 1. The van der Waals surface area contributed by atoms with Crippen LogP contribution in [0.1, 0.15) is 18.0 Å². The number of rotatable bonds is 4. The summed E-state index contributed by atoms with van der Waals surface area (Å²) in [4.78, 5) is 10.6. The summed E-state index contributed by atoms with van der Waals surface area (Å²) in [5, 5.41) is 12.6. The zero-order valence-corrected chi connectivity index (χ0v) is 9.64. The predicted octanol–water partition coefficient (Wildman–Crippen LogP) is 2.73. The molecule has 0 fully saturated rings. The van der Waals surface area contributed by atoms with Gasteiger partial charge in [-0.3, -0.25) is 4.79 Å². The van der Waals surface area contributed by atoms with E-state index < -0.39 is 5.97 Å². The number of benzene rings is 1. The topological polar surface area (TPSA) is 49.3 Å². The minimum absolute atomic E-state index is 0.00677. The third-order valence-electron chi connectivity index (χ3n) is 2.01. The number of hydrogen-bond donors (Lipinski definition) is 2. The molecule has 0 aromatic heterocycles. The average molecular weight is 248 g/mol. The van der Waals surface area contributed by atoms with Crippen LogP contribution in [0.2, 0.25) is 10.0 Å². The van der Waals surface area contributed by atoms with Gasteiger partial charge in [0.05, 0.1) is 6.42 Å². The Morgan fingerprint density at radius 2 is 1.93 bits per heavy atom. The molecule has 3 nitrogen and oxygen atoms in total. The van der Waals surface area contributed by atoms with E-state index in [0.717, 1.165) is 5.56 Å². The highest BCUT2D eigenvalue weighted by Gasteiger charge is 2.14. The first kappa shape index (κ1) is 12.3. The SMILES string of the molecule is CN[C@@H](CC(=O)O)c1cc(Cl)cc(Cl)c1. The first-order valence-corrected chi connectivity index (χ1v) is 5.13. The minimum atomic E-state index is -0.870. The van der Waals surface area contributed by atoms with E-state index in [1.165, 1.54) is 0 Å². The van der Waals surface area contributed by atoms with Crippen molar-refractivity contribution in [2.75, 3.05) is 7.05 Å². The Labute approximate surface area is 98.0 Å². The second-order valence-corrected chi connectivity index (χ2v) is 4.01. The van der Waals surface area contributed by atoms with Gasteiger partial charge in [0.1, 0.15) is 0 Å². The Morgan fingerprint density at radius 3 is 2.33 bits per heavy atom. The summed E-state index contributed by atoms with van der Waals surface area (Å²) in [6.45, 7) is 0. The van der Waals surface area contributed by atoms with Crippen molar-refractivity contribution in [3.8, 4) is 0 Å². The van der Waals surface area contributed by atoms with Crippen LogP contribution in [0.25, 0.3) is 0 Å². The minimum Gasteiger partial charge on any atom is -0.481 e. The third-order valence-corrected chi connectivity index (χ3v) is 2.45. The van der Waals surface area contributed by atoms with E-state index in [-0.39, 0.29) is 12.5 Å². The second-order valence-electron chi connectivity index (χ2n) is 3.14. The Hall–Kier alpha value is -0.770. The first-order chi connectivity index (χ1) is 7.02. The normalized spacial score (nSPS) is 12.5. The summed E-state index contributed by atoms with van der Waals surface area (Å²) in [5.41, 5.74) is 0.775. The molecule has 0 radical (unpaired) electrons. The van der Waals surface area contributed by atoms with Gasteiger partial charge in [-0.25, -0.2) is 0 Å². The highest BCUT2D eigenvalue weighted by Crippen LogP contribution is 2.25. The van der Waals surface area contributed by atoms with E-state index in [4.69, 9.17) is 28.3 Å². The van der Waals surface area contributed by atoms with Crippen LogP contribution in [0.3, 0.4) is 0 Å². The lowest BCUT2D eigenvalue weighted by atomic mass is 10.0. The van der Waals surface area contributed by atoms with Gasteiger partial charge in [-0.2, -0.15) is 0 Å². The molecule has 0 aliphatic rings. The van der Waals surface area contributed by atoms with Gasteiger partial charge in [-0.05, 0) is 30.8 Å². The van der Waals surface area contributed by atoms with Crippen molar-refractivity contribution >= 4 is 29.2 Å². The van der Waals surface area contributed by atoms with Crippen LogP contribution in [-0.2, 0) is 4.79 Å². The number of carboxylic acid groups (broad SMARTS) is 1. The van der Waals surface area contributed by atoms with Gasteiger partial charge in [0.2, 0.25) is 0 Å². The molecule has 1 atom stereocenters. The molecule has 0 bridgehead atoms. The van der Waals surface area contributed by atoms with Crippen LogP contribution in [0.4, 0.5) is 0 Å². The summed E-state index contributed by atoms with van der Waals surface area (Å²) in [7, 11) is 1.70. The van der Waals surface area contributed by atoms with E-state index in [9.17, 15) is 4.79 Å². The smallest absolute Gasteiger partial charge is 0.305 e. The summed E-state index contributed by atoms with van der Waals surface area (Å²) in [6, 6.07) is 4.74. The fourth-order valence-electron chi connectivity index (χ4n) is 1.34. The van der Waals surface area contributed by atoms with Crippen LogP contribution in [-0.4, -0.2) is 18.1 Å². The van der Waals surface area contributed by atoms with Gasteiger partial charge in [-0.1, -0.05) is 23.2 Å². The lowest BCUT2D eigenvalue weighted by Gasteiger charge is -2.14. The van der Waals surface area contributed by atoms with Crippen molar-refractivity contribution in [2.45, 2.75) is 12.5 Å². The van der Waals surface area contributed by atoms with E-state index in [0.29, 0.717) is 10.0 Å². The van der Waals surface area contributed by atoms with Crippen LogP contribution in [0, 0.1) is 0 Å². The number of halogens is 2. The maximum atomic E-state index is 10.6. The number of carbonyl (C=O) groups is 1. The molecule has 1 aromatic rings. The van der Waals surface area contributed by atoms with Crippen molar-refractivity contribution in [3.05, 3.63) is 33.8 Å². The molecular weight excluding hydrogens is 237 g/mol. The van der Waals surface area contributed by atoms with E-state index in [1.807, 2.05) is 0 Å². The predicted molar refractivity (Wildman–Crippen MR) is 60.5 cm³/mol. The van der Waals surface area contributed by atoms with Gasteiger partial charge < -0.3 is 10.4 Å². The molecule has 82 valence electrons. The van der Waals surface area contributed by atoms with Crippen LogP contribution in [0.15, 0.2) is 18.2 Å². The van der Waals surface area contributed by atoms with Crippen LogP contribution < -0.4 is 5.32 Å². The Bertz CT molecular complexity index is 348. The third kappa shape index (κ3) is 3.70. The molecule has 5 heteroatoms. The zero-order valence-electron chi connectivity index (χ0n) is 8.13. The molecule has 15 heavy (non-hydrogen) atoms. The van der Waals surface area contributed by atoms with Gasteiger partial charge >= 0.3 is 5.97 Å².